The zero-order valence-corrected chi connectivity index (χ0v) is 11.4. The molecule has 2 unspecified atom stereocenters. The van der Waals surface area contributed by atoms with E-state index in [2.05, 4.69) is 4.98 Å². The summed E-state index contributed by atoms with van der Waals surface area (Å²) in [6, 6.07) is 0. The van der Waals surface area contributed by atoms with Crippen LogP contribution in [0.3, 0.4) is 0 Å². The molecule has 0 saturated carbocycles. The van der Waals surface area contributed by atoms with Gasteiger partial charge in [0.1, 0.15) is 0 Å². The molecule has 0 aliphatic carbocycles. The summed E-state index contributed by atoms with van der Waals surface area (Å²) in [6.07, 6.45) is -1.04. The van der Waals surface area contributed by atoms with Crippen LogP contribution >= 0.6 is 11.3 Å². The fourth-order valence-corrected chi connectivity index (χ4v) is 2.48. The van der Waals surface area contributed by atoms with Crippen LogP contribution in [0.2, 0.25) is 0 Å². The van der Waals surface area contributed by atoms with Gasteiger partial charge in [-0.2, -0.15) is 0 Å². The minimum Gasteiger partial charge on any atom is -0.390 e. The topological polar surface area (TPSA) is 53.4 Å². The van der Waals surface area contributed by atoms with Crippen molar-refractivity contribution in [2.24, 2.45) is 5.41 Å². The molecule has 3 nitrogen and oxygen atoms in total. The summed E-state index contributed by atoms with van der Waals surface area (Å²) in [5, 5.41) is 20.7. The lowest BCUT2D eigenvalue weighted by atomic mass is 9.85. The highest BCUT2D eigenvalue weighted by atomic mass is 32.1. The Morgan fingerprint density at radius 1 is 1.25 bits per heavy atom. The Morgan fingerprint density at radius 2 is 1.81 bits per heavy atom. The van der Waals surface area contributed by atoms with E-state index in [9.17, 15) is 10.2 Å². The smallest absolute Gasteiger partial charge is 0.0957 e. The molecule has 1 rings (SSSR count). The first-order valence-corrected chi connectivity index (χ1v) is 6.32. The largest absolute Gasteiger partial charge is 0.390 e. The van der Waals surface area contributed by atoms with Gasteiger partial charge >= 0.3 is 0 Å². The summed E-state index contributed by atoms with van der Waals surface area (Å²) in [4.78, 5) is 5.54. The van der Waals surface area contributed by atoms with E-state index in [0.717, 1.165) is 10.7 Å². The normalized spacial score (nSPS) is 16.2. The molecule has 0 aromatic carbocycles. The van der Waals surface area contributed by atoms with Crippen molar-refractivity contribution in [3.05, 3.63) is 15.6 Å². The average Bonchev–Trinajstić information content (AvgIpc) is 2.43. The van der Waals surface area contributed by atoms with Gasteiger partial charge in [-0.25, -0.2) is 4.98 Å². The van der Waals surface area contributed by atoms with Crippen molar-refractivity contribution in [3.8, 4) is 0 Å². The maximum Gasteiger partial charge on any atom is 0.0957 e. The average molecular weight is 243 g/mol. The second-order valence-corrected chi connectivity index (χ2v) is 6.62. The van der Waals surface area contributed by atoms with Crippen LogP contribution in [0.25, 0.3) is 0 Å². The van der Waals surface area contributed by atoms with Crippen molar-refractivity contribution in [2.45, 2.75) is 53.2 Å². The zero-order chi connectivity index (χ0) is 12.5. The Bertz CT molecular complexity index is 335. The van der Waals surface area contributed by atoms with E-state index in [4.69, 9.17) is 0 Å². The molecular formula is C12H21NO2S. The van der Waals surface area contributed by atoms with Gasteiger partial charge in [0.2, 0.25) is 0 Å². The van der Waals surface area contributed by atoms with E-state index in [-0.39, 0.29) is 5.41 Å². The third kappa shape index (κ3) is 3.27. The highest BCUT2D eigenvalue weighted by molar-refractivity contribution is 7.11. The lowest BCUT2D eigenvalue weighted by Gasteiger charge is -2.29. The molecule has 1 heterocycles. The van der Waals surface area contributed by atoms with Crippen molar-refractivity contribution >= 4 is 11.3 Å². The maximum absolute atomic E-state index is 9.92. The van der Waals surface area contributed by atoms with Gasteiger partial charge in [0.25, 0.3) is 0 Å². The number of rotatable bonds is 3. The molecule has 2 N–H and O–H groups in total. The van der Waals surface area contributed by atoms with E-state index in [1.807, 2.05) is 34.6 Å². The Morgan fingerprint density at radius 3 is 2.19 bits per heavy atom. The molecule has 0 radical (unpaired) electrons. The first-order chi connectivity index (χ1) is 7.21. The highest BCUT2D eigenvalue weighted by Crippen LogP contribution is 2.25. The zero-order valence-electron chi connectivity index (χ0n) is 10.6. The minimum atomic E-state index is -0.745. The third-order valence-corrected chi connectivity index (χ3v) is 3.80. The third-order valence-electron chi connectivity index (χ3n) is 2.71. The second-order valence-electron chi connectivity index (χ2n) is 5.33. The Kier molecular flexibility index (Phi) is 4.10. The van der Waals surface area contributed by atoms with Gasteiger partial charge in [0.15, 0.2) is 0 Å². The van der Waals surface area contributed by atoms with Crippen LogP contribution in [0.1, 0.15) is 36.3 Å². The fourth-order valence-electron chi connectivity index (χ4n) is 1.49. The first-order valence-electron chi connectivity index (χ1n) is 5.51. The Labute approximate surface area is 101 Å². The van der Waals surface area contributed by atoms with Crippen LogP contribution < -0.4 is 0 Å². The molecule has 16 heavy (non-hydrogen) atoms. The van der Waals surface area contributed by atoms with E-state index in [1.165, 1.54) is 4.88 Å². The van der Waals surface area contributed by atoms with E-state index in [1.54, 1.807) is 11.3 Å². The Balaban J connectivity index is 2.68. The lowest BCUT2D eigenvalue weighted by molar-refractivity contribution is -0.0434. The van der Waals surface area contributed by atoms with Gasteiger partial charge in [-0.15, -0.1) is 11.3 Å². The van der Waals surface area contributed by atoms with Crippen molar-refractivity contribution in [2.75, 3.05) is 0 Å². The fraction of sp³-hybridized carbons (Fsp3) is 0.750. The predicted molar refractivity (Wildman–Crippen MR) is 66.8 cm³/mol. The molecule has 2 atom stereocenters. The molecule has 4 heteroatoms. The number of aromatic nitrogens is 1. The molecule has 1 aromatic rings. The number of thiazole rings is 1. The van der Waals surface area contributed by atoms with Gasteiger partial charge in [0.05, 0.1) is 22.9 Å². The van der Waals surface area contributed by atoms with E-state index < -0.39 is 12.2 Å². The molecule has 92 valence electrons. The van der Waals surface area contributed by atoms with Gasteiger partial charge in [-0.1, -0.05) is 20.8 Å². The molecule has 0 aliphatic heterocycles. The number of aliphatic hydroxyl groups excluding tert-OH is 2. The number of hydrogen-bond donors (Lipinski definition) is 2. The van der Waals surface area contributed by atoms with Crippen molar-refractivity contribution in [3.63, 3.8) is 0 Å². The SMILES string of the molecule is Cc1nc(CC(O)C(O)C(C)(C)C)sc1C. The highest BCUT2D eigenvalue weighted by Gasteiger charge is 2.29. The summed E-state index contributed by atoms with van der Waals surface area (Å²) in [5.74, 6) is 0. The summed E-state index contributed by atoms with van der Waals surface area (Å²) < 4.78 is 0. The minimum absolute atomic E-state index is 0.305. The van der Waals surface area contributed by atoms with Crippen LogP contribution in [0.4, 0.5) is 0 Å². The molecule has 0 bridgehead atoms. The van der Waals surface area contributed by atoms with Crippen LogP contribution in [0, 0.1) is 19.3 Å². The van der Waals surface area contributed by atoms with Crippen molar-refractivity contribution in [1.29, 1.82) is 0 Å². The van der Waals surface area contributed by atoms with Crippen molar-refractivity contribution < 1.29 is 10.2 Å². The monoisotopic (exact) mass is 243 g/mol. The Hall–Kier alpha value is -0.450. The number of hydrogen-bond acceptors (Lipinski definition) is 4. The number of aliphatic hydroxyl groups is 2. The molecule has 1 aromatic heterocycles. The molecule has 0 amide bonds. The summed E-state index contributed by atoms with van der Waals surface area (Å²) in [7, 11) is 0. The maximum atomic E-state index is 9.92. The van der Waals surface area contributed by atoms with Crippen LogP contribution in [-0.4, -0.2) is 27.4 Å². The molecule has 0 aliphatic rings. The van der Waals surface area contributed by atoms with Gasteiger partial charge in [-0.3, -0.25) is 0 Å². The molecule has 0 saturated heterocycles. The van der Waals surface area contributed by atoms with Crippen LogP contribution in [0.5, 0.6) is 0 Å². The van der Waals surface area contributed by atoms with Crippen LogP contribution in [-0.2, 0) is 6.42 Å². The summed E-state index contributed by atoms with van der Waals surface area (Å²) in [5.41, 5.74) is 0.707. The number of nitrogens with zero attached hydrogens (tertiary/aromatic N) is 1. The molecule has 0 fully saturated rings. The quantitative estimate of drug-likeness (QED) is 0.854. The summed E-state index contributed by atoms with van der Waals surface area (Å²) >= 11 is 1.59. The standard InChI is InChI=1S/C12H21NO2S/c1-7-8(2)16-10(13-7)6-9(14)11(15)12(3,4)5/h9,11,14-15H,6H2,1-5H3. The molecular weight excluding hydrogens is 222 g/mol. The first kappa shape index (κ1) is 13.6. The van der Waals surface area contributed by atoms with Gasteiger partial charge in [-0.05, 0) is 19.3 Å². The van der Waals surface area contributed by atoms with Gasteiger partial charge < -0.3 is 10.2 Å². The second kappa shape index (κ2) is 4.82. The lowest BCUT2D eigenvalue weighted by Crippen LogP contribution is -2.38. The van der Waals surface area contributed by atoms with Gasteiger partial charge in [0, 0.05) is 11.3 Å². The summed E-state index contributed by atoms with van der Waals surface area (Å²) in [6.45, 7) is 9.72. The van der Waals surface area contributed by atoms with Crippen molar-refractivity contribution in [1.82, 2.24) is 4.98 Å². The number of aryl methyl sites for hydroxylation is 2. The van der Waals surface area contributed by atoms with Crippen LogP contribution in [0.15, 0.2) is 0 Å². The van der Waals surface area contributed by atoms with E-state index in [0.29, 0.717) is 6.42 Å². The van der Waals surface area contributed by atoms with E-state index >= 15 is 0 Å². The predicted octanol–water partition coefficient (Wildman–Crippen LogP) is 2.07. The molecule has 0 spiro atoms.